The highest BCUT2D eigenvalue weighted by molar-refractivity contribution is 6.51. The Morgan fingerprint density at radius 1 is 0.906 bits per heavy atom. The second kappa shape index (κ2) is 8.47. The zero-order valence-electron chi connectivity index (χ0n) is 17.5. The Balaban J connectivity index is 1.95. The lowest BCUT2D eigenvalue weighted by Gasteiger charge is -2.26. The van der Waals surface area contributed by atoms with E-state index >= 15 is 0 Å². The monoisotopic (exact) mass is 431 g/mol. The van der Waals surface area contributed by atoms with Crippen LogP contribution in [0, 0.1) is 0 Å². The fourth-order valence-corrected chi connectivity index (χ4v) is 3.77. The summed E-state index contributed by atoms with van der Waals surface area (Å²) in [4.78, 5) is 27.6. The number of methoxy groups -OCH3 is 2. The number of aliphatic hydroxyl groups excluding tert-OH is 1. The number of amides is 1. The molecule has 1 heterocycles. The first kappa shape index (κ1) is 21.0. The number of anilines is 1. The van der Waals surface area contributed by atoms with Crippen LogP contribution in [0.3, 0.4) is 0 Å². The van der Waals surface area contributed by atoms with Crippen LogP contribution in [0.4, 0.5) is 5.69 Å². The largest absolute Gasteiger partial charge is 0.507 e. The lowest BCUT2D eigenvalue weighted by molar-refractivity contribution is -0.132. The molecule has 3 aromatic rings. The summed E-state index contributed by atoms with van der Waals surface area (Å²) in [6.07, 6.45) is 0. The third kappa shape index (κ3) is 3.54. The van der Waals surface area contributed by atoms with Crippen molar-refractivity contribution in [2.45, 2.75) is 6.04 Å². The number of carbonyl (C=O) groups is 2. The smallest absolute Gasteiger partial charge is 0.300 e. The molecule has 0 bridgehead atoms. The van der Waals surface area contributed by atoms with Crippen molar-refractivity contribution in [3.05, 3.63) is 89.5 Å². The molecule has 0 aliphatic carbocycles. The molecule has 1 aliphatic heterocycles. The maximum absolute atomic E-state index is 13.1. The van der Waals surface area contributed by atoms with E-state index in [9.17, 15) is 19.8 Å². The molecule has 32 heavy (non-hydrogen) atoms. The quantitative estimate of drug-likeness (QED) is 0.360. The number of benzene rings is 3. The van der Waals surface area contributed by atoms with E-state index in [1.54, 1.807) is 66.7 Å². The van der Waals surface area contributed by atoms with Gasteiger partial charge in [-0.3, -0.25) is 14.5 Å². The Labute approximate surface area is 184 Å². The van der Waals surface area contributed by atoms with Crippen LogP contribution in [0.5, 0.6) is 17.2 Å². The number of hydrogen-bond donors (Lipinski definition) is 2. The van der Waals surface area contributed by atoms with Crippen molar-refractivity contribution in [3.8, 4) is 17.2 Å². The molecule has 0 aromatic heterocycles. The minimum Gasteiger partial charge on any atom is -0.507 e. The van der Waals surface area contributed by atoms with Crippen molar-refractivity contribution in [3.63, 3.8) is 0 Å². The summed E-state index contributed by atoms with van der Waals surface area (Å²) in [6.45, 7) is 0. The number of phenolic OH excluding ortho intramolecular Hbond substituents is 1. The van der Waals surface area contributed by atoms with Crippen molar-refractivity contribution in [1.82, 2.24) is 0 Å². The average molecular weight is 431 g/mol. The predicted molar refractivity (Wildman–Crippen MR) is 119 cm³/mol. The first-order valence-corrected chi connectivity index (χ1v) is 9.83. The molecule has 3 aromatic carbocycles. The molecule has 7 heteroatoms. The number of ether oxygens (including phenoxy) is 2. The van der Waals surface area contributed by atoms with Crippen molar-refractivity contribution in [2.75, 3.05) is 19.1 Å². The fourth-order valence-electron chi connectivity index (χ4n) is 3.77. The Morgan fingerprint density at radius 3 is 2.22 bits per heavy atom. The fraction of sp³-hybridized carbons (Fsp3) is 0.120. The predicted octanol–water partition coefficient (Wildman–Crippen LogP) is 4.04. The number of hydrogen-bond acceptors (Lipinski definition) is 6. The molecule has 1 atom stereocenters. The molecule has 1 fully saturated rings. The van der Waals surface area contributed by atoms with Gasteiger partial charge < -0.3 is 19.7 Å². The second-order valence-electron chi connectivity index (χ2n) is 7.16. The van der Waals surface area contributed by atoms with Gasteiger partial charge in [0.15, 0.2) is 11.5 Å². The van der Waals surface area contributed by atoms with E-state index in [4.69, 9.17) is 9.47 Å². The highest BCUT2D eigenvalue weighted by Gasteiger charge is 2.47. The van der Waals surface area contributed by atoms with Crippen molar-refractivity contribution < 1.29 is 29.3 Å². The standard InChI is InChI=1S/C25H21NO6/c1-31-18-11-9-17(10-12-18)26-22(16-8-13-19(27)20(14-16)32-2)21(24(29)25(26)30)23(28)15-6-4-3-5-7-15/h3-14,22,27-28H,1-2H3/t22-/m1/s1. The summed E-state index contributed by atoms with van der Waals surface area (Å²) in [7, 11) is 2.94. The van der Waals surface area contributed by atoms with Gasteiger partial charge in [-0.2, -0.15) is 0 Å². The van der Waals surface area contributed by atoms with Gasteiger partial charge in [-0.15, -0.1) is 0 Å². The molecule has 1 amide bonds. The number of Topliss-reactive ketones (excluding diaryl/α,β-unsaturated/α-hetero) is 1. The Morgan fingerprint density at radius 2 is 1.59 bits per heavy atom. The van der Waals surface area contributed by atoms with Gasteiger partial charge in [0.05, 0.1) is 25.8 Å². The number of rotatable bonds is 5. The minimum absolute atomic E-state index is 0.0511. The van der Waals surface area contributed by atoms with Gasteiger partial charge in [0, 0.05) is 11.3 Å². The van der Waals surface area contributed by atoms with Crippen LogP contribution in [-0.2, 0) is 9.59 Å². The van der Waals surface area contributed by atoms with Gasteiger partial charge in [0.1, 0.15) is 11.5 Å². The topological polar surface area (TPSA) is 96.3 Å². The minimum atomic E-state index is -0.932. The van der Waals surface area contributed by atoms with Crippen LogP contribution in [0.1, 0.15) is 17.2 Å². The molecular formula is C25H21NO6. The van der Waals surface area contributed by atoms with Crippen molar-refractivity contribution in [2.24, 2.45) is 0 Å². The number of aromatic hydroxyl groups is 1. The van der Waals surface area contributed by atoms with Crippen LogP contribution in [0.2, 0.25) is 0 Å². The lowest BCUT2D eigenvalue weighted by atomic mass is 9.95. The maximum Gasteiger partial charge on any atom is 0.300 e. The Hall–Kier alpha value is -4.26. The number of ketones is 1. The lowest BCUT2D eigenvalue weighted by Crippen LogP contribution is -2.29. The van der Waals surface area contributed by atoms with E-state index in [2.05, 4.69) is 0 Å². The van der Waals surface area contributed by atoms with Gasteiger partial charge in [-0.25, -0.2) is 0 Å². The molecule has 7 nitrogen and oxygen atoms in total. The molecule has 162 valence electrons. The third-order valence-electron chi connectivity index (χ3n) is 5.36. The van der Waals surface area contributed by atoms with Crippen LogP contribution in [0.25, 0.3) is 5.76 Å². The van der Waals surface area contributed by atoms with E-state index in [1.165, 1.54) is 25.2 Å². The van der Waals surface area contributed by atoms with E-state index in [0.717, 1.165) is 0 Å². The van der Waals surface area contributed by atoms with Crippen LogP contribution in [-0.4, -0.2) is 36.1 Å². The second-order valence-corrected chi connectivity index (χ2v) is 7.16. The summed E-state index contributed by atoms with van der Waals surface area (Å²) >= 11 is 0. The van der Waals surface area contributed by atoms with Gasteiger partial charge in [0.2, 0.25) is 0 Å². The summed E-state index contributed by atoms with van der Waals surface area (Å²) in [5.74, 6) is -1.17. The summed E-state index contributed by atoms with van der Waals surface area (Å²) in [6, 6.07) is 18.9. The van der Waals surface area contributed by atoms with Crippen molar-refractivity contribution >= 4 is 23.1 Å². The van der Waals surface area contributed by atoms with Gasteiger partial charge in [0.25, 0.3) is 11.7 Å². The molecule has 1 saturated heterocycles. The molecule has 0 spiro atoms. The van der Waals surface area contributed by atoms with E-state index in [-0.39, 0.29) is 22.8 Å². The van der Waals surface area contributed by atoms with Crippen molar-refractivity contribution in [1.29, 1.82) is 0 Å². The van der Waals surface area contributed by atoms with E-state index < -0.39 is 17.7 Å². The molecule has 0 radical (unpaired) electrons. The van der Waals surface area contributed by atoms with Crippen LogP contribution >= 0.6 is 0 Å². The van der Waals surface area contributed by atoms with Gasteiger partial charge >= 0.3 is 0 Å². The van der Waals surface area contributed by atoms with E-state index in [0.29, 0.717) is 22.6 Å². The Bertz CT molecular complexity index is 1200. The molecule has 0 saturated carbocycles. The molecular weight excluding hydrogens is 410 g/mol. The number of carbonyl (C=O) groups excluding carboxylic acids is 2. The SMILES string of the molecule is COc1ccc(N2C(=O)C(=O)C(=C(O)c3ccccc3)[C@H]2c2ccc(O)c(OC)c2)cc1. The van der Waals surface area contributed by atoms with Gasteiger partial charge in [-0.1, -0.05) is 36.4 Å². The summed E-state index contributed by atoms with van der Waals surface area (Å²) in [5.41, 5.74) is 1.31. The van der Waals surface area contributed by atoms with E-state index in [1.807, 2.05) is 0 Å². The van der Waals surface area contributed by atoms with Gasteiger partial charge in [-0.05, 0) is 42.0 Å². The zero-order chi connectivity index (χ0) is 22.8. The molecule has 4 rings (SSSR count). The number of phenols is 1. The highest BCUT2D eigenvalue weighted by atomic mass is 16.5. The first-order chi connectivity index (χ1) is 15.5. The first-order valence-electron chi connectivity index (χ1n) is 9.83. The normalized spacial score (nSPS) is 17.4. The Kier molecular flexibility index (Phi) is 5.55. The van der Waals surface area contributed by atoms with Crippen LogP contribution in [0.15, 0.2) is 78.4 Å². The average Bonchev–Trinajstić information content (AvgIpc) is 3.10. The summed E-state index contributed by atoms with van der Waals surface area (Å²) < 4.78 is 10.4. The number of nitrogens with zero attached hydrogens (tertiary/aromatic N) is 1. The third-order valence-corrected chi connectivity index (χ3v) is 5.36. The van der Waals surface area contributed by atoms with Crippen LogP contribution < -0.4 is 14.4 Å². The zero-order valence-corrected chi connectivity index (χ0v) is 17.5. The molecule has 1 aliphatic rings. The molecule has 2 N–H and O–H groups in total. The highest BCUT2D eigenvalue weighted by Crippen LogP contribution is 2.44. The maximum atomic E-state index is 13.1. The summed E-state index contributed by atoms with van der Waals surface area (Å²) in [5, 5.41) is 21.1. The number of aliphatic hydroxyl groups is 1. The molecule has 0 unspecified atom stereocenters.